The van der Waals surface area contributed by atoms with E-state index in [1.807, 2.05) is 6.08 Å². The summed E-state index contributed by atoms with van der Waals surface area (Å²) in [7, 11) is 0. The topological polar surface area (TPSA) is 42.7 Å². The Morgan fingerprint density at radius 2 is 1.88 bits per heavy atom. The van der Waals surface area contributed by atoms with Crippen LogP contribution in [0.25, 0.3) is 5.70 Å². The minimum atomic E-state index is -0.923. The lowest BCUT2D eigenvalue weighted by atomic mass is 10.0. The van der Waals surface area contributed by atoms with Crippen LogP contribution in [0.5, 0.6) is 0 Å². The number of halogens is 4. The number of rotatable bonds is 2. The lowest BCUT2D eigenvalue weighted by molar-refractivity contribution is 0.508. The largest absolute Gasteiger partial charge is 0.324 e. The van der Waals surface area contributed by atoms with Crippen molar-refractivity contribution in [3.63, 3.8) is 0 Å². The number of allylic oxidation sites excluding steroid dienone is 1. The zero-order valence-corrected chi connectivity index (χ0v) is 14.1. The van der Waals surface area contributed by atoms with Gasteiger partial charge in [0.2, 0.25) is 5.95 Å². The van der Waals surface area contributed by atoms with Crippen molar-refractivity contribution in [3.05, 3.63) is 81.6 Å². The molecule has 0 radical (unpaired) electrons. The SMILES string of the molecule is Fc1ccc(C2=CC(c3ccc(Cl)cc3Cl)n3ncnc3N2)cc1F. The highest BCUT2D eigenvalue weighted by Gasteiger charge is 2.25. The predicted molar refractivity (Wildman–Crippen MR) is 92.6 cm³/mol. The molecule has 8 heteroatoms. The first-order valence-corrected chi connectivity index (χ1v) is 8.07. The molecule has 1 N–H and O–H groups in total. The van der Waals surface area contributed by atoms with Crippen LogP contribution in [0.1, 0.15) is 17.2 Å². The molecule has 0 saturated heterocycles. The molecule has 1 atom stereocenters. The molecule has 1 unspecified atom stereocenters. The fourth-order valence-corrected chi connectivity index (χ4v) is 3.25. The molecule has 0 fully saturated rings. The van der Waals surface area contributed by atoms with E-state index in [1.165, 1.54) is 12.4 Å². The van der Waals surface area contributed by atoms with Crippen LogP contribution in [-0.2, 0) is 0 Å². The predicted octanol–water partition coefficient (Wildman–Crippen LogP) is 4.92. The number of fused-ring (bicyclic) bond motifs is 1. The van der Waals surface area contributed by atoms with E-state index in [0.717, 1.165) is 17.7 Å². The molecule has 4 rings (SSSR count). The van der Waals surface area contributed by atoms with Crippen LogP contribution in [0.15, 0.2) is 48.8 Å². The number of anilines is 1. The summed E-state index contributed by atoms with van der Waals surface area (Å²) < 4.78 is 28.5. The molecular formula is C17H10Cl2F2N4. The van der Waals surface area contributed by atoms with Crippen LogP contribution in [0.3, 0.4) is 0 Å². The Morgan fingerprint density at radius 1 is 1.04 bits per heavy atom. The van der Waals surface area contributed by atoms with Crippen molar-refractivity contribution in [2.75, 3.05) is 5.32 Å². The molecule has 25 heavy (non-hydrogen) atoms. The van der Waals surface area contributed by atoms with E-state index in [-0.39, 0.29) is 6.04 Å². The van der Waals surface area contributed by atoms with Gasteiger partial charge in [0, 0.05) is 21.3 Å². The van der Waals surface area contributed by atoms with Gasteiger partial charge >= 0.3 is 0 Å². The van der Waals surface area contributed by atoms with Crippen molar-refractivity contribution in [2.45, 2.75) is 6.04 Å². The Kier molecular flexibility index (Phi) is 3.94. The molecule has 1 aliphatic rings. The van der Waals surface area contributed by atoms with Gasteiger partial charge in [-0.25, -0.2) is 13.5 Å². The fraction of sp³-hybridized carbons (Fsp3) is 0.0588. The molecule has 3 aromatic rings. The van der Waals surface area contributed by atoms with Gasteiger partial charge in [0.15, 0.2) is 11.6 Å². The Balaban J connectivity index is 1.84. The molecule has 1 aliphatic heterocycles. The molecule has 0 aliphatic carbocycles. The van der Waals surface area contributed by atoms with Gasteiger partial charge in [0.05, 0.1) is 0 Å². The Hall–Kier alpha value is -2.44. The van der Waals surface area contributed by atoms with Crippen molar-refractivity contribution in [3.8, 4) is 0 Å². The third-order valence-corrected chi connectivity index (χ3v) is 4.48. The van der Waals surface area contributed by atoms with Crippen LogP contribution < -0.4 is 5.32 Å². The van der Waals surface area contributed by atoms with Gasteiger partial charge in [-0.3, -0.25) is 0 Å². The van der Waals surface area contributed by atoms with Gasteiger partial charge in [-0.15, -0.1) is 0 Å². The third-order valence-electron chi connectivity index (χ3n) is 3.92. The van der Waals surface area contributed by atoms with Crippen molar-refractivity contribution >= 4 is 34.8 Å². The Morgan fingerprint density at radius 3 is 2.64 bits per heavy atom. The Labute approximate surface area is 151 Å². The molecule has 0 bridgehead atoms. The summed E-state index contributed by atoms with van der Waals surface area (Å²) in [4.78, 5) is 4.16. The smallest absolute Gasteiger partial charge is 0.226 e. The maximum Gasteiger partial charge on any atom is 0.226 e. The second-order valence-corrected chi connectivity index (χ2v) is 6.32. The van der Waals surface area contributed by atoms with Crippen LogP contribution in [0.2, 0.25) is 10.0 Å². The van der Waals surface area contributed by atoms with Crippen molar-refractivity contribution in [1.82, 2.24) is 14.8 Å². The van der Waals surface area contributed by atoms with E-state index >= 15 is 0 Å². The van der Waals surface area contributed by atoms with Crippen LogP contribution in [0, 0.1) is 11.6 Å². The van der Waals surface area contributed by atoms with Crippen LogP contribution in [0.4, 0.5) is 14.7 Å². The number of aromatic nitrogens is 3. The average Bonchev–Trinajstić information content (AvgIpc) is 3.05. The first-order chi connectivity index (χ1) is 12.0. The maximum atomic E-state index is 13.6. The minimum absolute atomic E-state index is 0.369. The molecule has 1 aromatic heterocycles. The molecule has 0 amide bonds. The van der Waals surface area contributed by atoms with Gasteiger partial charge in [0.25, 0.3) is 0 Å². The lowest BCUT2D eigenvalue weighted by Gasteiger charge is -2.25. The van der Waals surface area contributed by atoms with E-state index in [2.05, 4.69) is 15.4 Å². The number of hydrogen-bond donors (Lipinski definition) is 1. The van der Waals surface area contributed by atoms with E-state index in [4.69, 9.17) is 23.2 Å². The number of hydrogen-bond acceptors (Lipinski definition) is 3. The first kappa shape index (κ1) is 16.1. The minimum Gasteiger partial charge on any atom is -0.324 e. The van der Waals surface area contributed by atoms with E-state index in [0.29, 0.717) is 27.3 Å². The Bertz CT molecular complexity index is 1000. The van der Waals surface area contributed by atoms with Crippen molar-refractivity contribution < 1.29 is 8.78 Å². The summed E-state index contributed by atoms with van der Waals surface area (Å²) in [5.41, 5.74) is 1.83. The first-order valence-electron chi connectivity index (χ1n) is 7.31. The average molecular weight is 379 g/mol. The summed E-state index contributed by atoms with van der Waals surface area (Å²) in [5, 5.41) is 8.27. The number of nitrogens with one attached hydrogen (secondary N) is 1. The summed E-state index contributed by atoms with van der Waals surface area (Å²) in [6.45, 7) is 0. The molecule has 0 spiro atoms. The van der Waals surface area contributed by atoms with E-state index in [1.54, 1.807) is 22.9 Å². The standard InChI is InChI=1S/C17H10Cl2F2N4/c18-10-2-3-11(12(19)6-10)16-7-15(24-17-22-8-23-25(16)17)9-1-4-13(20)14(21)5-9/h1-8,16H,(H,22,23,24). The zero-order chi connectivity index (χ0) is 17.6. The summed E-state index contributed by atoms with van der Waals surface area (Å²) in [5.74, 6) is -1.35. The van der Waals surface area contributed by atoms with Gasteiger partial charge < -0.3 is 5.32 Å². The highest BCUT2D eigenvalue weighted by atomic mass is 35.5. The maximum absolute atomic E-state index is 13.6. The summed E-state index contributed by atoms with van der Waals surface area (Å²) in [6.07, 6.45) is 3.23. The molecule has 2 aromatic carbocycles. The number of benzene rings is 2. The normalized spacial score (nSPS) is 16.2. The van der Waals surface area contributed by atoms with E-state index in [9.17, 15) is 8.78 Å². The van der Waals surface area contributed by atoms with Crippen molar-refractivity contribution in [1.29, 1.82) is 0 Å². The monoisotopic (exact) mass is 378 g/mol. The van der Waals surface area contributed by atoms with Gasteiger partial charge in [0.1, 0.15) is 12.4 Å². The molecule has 126 valence electrons. The lowest BCUT2D eigenvalue weighted by Crippen LogP contribution is -2.20. The number of nitrogens with zero attached hydrogens (tertiary/aromatic N) is 3. The second kappa shape index (κ2) is 6.13. The second-order valence-electron chi connectivity index (χ2n) is 5.47. The summed E-state index contributed by atoms with van der Waals surface area (Å²) >= 11 is 12.3. The molecule has 4 nitrogen and oxygen atoms in total. The zero-order valence-electron chi connectivity index (χ0n) is 12.5. The van der Waals surface area contributed by atoms with Gasteiger partial charge in [-0.2, -0.15) is 10.1 Å². The summed E-state index contributed by atoms with van der Waals surface area (Å²) in [6, 6.07) is 8.49. The fourth-order valence-electron chi connectivity index (χ4n) is 2.73. The van der Waals surface area contributed by atoms with Crippen molar-refractivity contribution in [2.24, 2.45) is 0 Å². The quantitative estimate of drug-likeness (QED) is 0.688. The van der Waals surface area contributed by atoms with Crippen LogP contribution >= 0.6 is 23.2 Å². The van der Waals surface area contributed by atoms with Crippen LogP contribution in [-0.4, -0.2) is 14.8 Å². The molecular weight excluding hydrogens is 369 g/mol. The highest BCUT2D eigenvalue weighted by molar-refractivity contribution is 6.35. The highest BCUT2D eigenvalue weighted by Crippen LogP contribution is 2.36. The van der Waals surface area contributed by atoms with Gasteiger partial charge in [-0.05, 0) is 42.0 Å². The third kappa shape index (κ3) is 2.88. The molecule has 2 heterocycles. The molecule has 0 saturated carbocycles. The van der Waals surface area contributed by atoms with E-state index < -0.39 is 11.6 Å². The van der Waals surface area contributed by atoms with Gasteiger partial charge in [-0.1, -0.05) is 29.3 Å².